The number of carbonyl (C=O) groups excluding carboxylic acids is 1. The summed E-state index contributed by atoms with van der Waals surface area (Å²) < 4.78 is 34.8. The summed E-state index contributed by atoms with van der Waals surface area (Å²) in [6.07, 6.45) is 3.54. The van der Waals surface area contributed by atoms with Crippen molar-refractivity contribution >= 4 is 12.0 Å². The Hall–Kier alpha value is -2.57. The standard InChI is InChI=1S/C23H36O7/c1-8-16(7)30-18(24)15-14-17-19(25-9-2)21(27-11-4)23(29-13-6)22(28-12-5)20(17)26-10-3/h14-16H,8-13H2,1-7H3. The second kappa shape index (κ2) is 13.6. The first-order valence-electron chi connectivity index (χ1n) is 10.7. The third-order valence-electron chi connectivity index (χ3n) is 4.04. The Balaban J connectivity index is 3.73. The normalized spacial score (nSPS) is 11.8. The zero-order valence-corrected chi connectivity index (χ0v) is 19.3. The Morgan fingerprint density at radius 2 is 1.07 bits per heavy atom. The molecule has 1 unspecified atom stereocenters. The number of benzene rings is 1. The Morgan fingerprint density at radius 1 is 0.700 bits per heavy atom. The average molecular weight is 425 g/mol. The highest BCUT2D eigenvalue weighted by Gasteiger charge is 2.29. The Labute approximate surface area is 180 Å². The fourth-order valence-electron chi connectivity index (χ4n) is 2.68. The molecule has 0 radical (unpaired) electrons. The maximum atomic E-state index is 12.2. The predicted octanol–water partition coefficient (Wildman–Crippen LogP) is 5.04. The molecule has 30 heavy (non-hydrogen) atoms. The van der Waals surface area contributed by atoms with E-state index in [4.69, 9.17) is 28.4 Å². The maximum absolute atomic E-state index is 12.2. The zero-order valence-electron chi connectivity index (χ0n) is 19.3. The van der Waals surface area contributed by atoms with Gasteiger partial charge in [0.1, 0.15) is 0 Å². The number of hydrogen-bond acceptors (Lipinski definition) is 7. The van der Waals surface area contributed by atoms with E-state index in [9.17, 15) is 4.79 Å². The van der Waals surface area contributed by atoms with Gasteiger partial charge in [0.15, 0.2) is 11.5 Å². The van der Waals surface area contributed by atoms with Gasteiger partial charge in [-0.2, -0.15) is 0 Å². The molecule has 0 N–H and O–H groups in total. The number of ether oxygens (including phenoxy) is 6. The van der Waals surface area contributed by atoms with E-state index in [2.05, 4.69) is 0 Å². The first kappa shape index (κ1) is 25.5. The topological polar surface area (TPSA) is 72.5 Å². The first-order chi connectivity index (χ1) is 14.5. The SMILES string of the molecule is CCOc1c(C=CC(=O)OC(C)CC)c(OCC)c(OCC)c(OCC)c1OCC. The van der Waals surface area contributed by atoms with Crippen LogP contribution in [0, 0.1) is 0 Å². The molecular formula is C23H36O7. The van der Waals surface area contributed by atoms with Gasteiger partial charge in [0, 0.05) is 6.08 Å². The van der Waals surface area contributed by atoms with Gasteiger partial charge in [-0.3, -0.25) is 0 Å². The van der Waals surface area contributed by atoms with E-state index in [1.165, 1.54) is 6.08 Å². The lowest BCUT2D eigenvalue weighted by Gasteiger charge is -2.24. The molecular weight excluding hydrogens is 388 g/mol. The molecule has 1 atom stereocenters. The first-order valence-corrected chi connectivity index (χ1v) is 10.7. The average Bonchev–Trinajstić information content (AvgIpc) is 2.72. The summed E-state index contributed by atoms with van der Waals surface area (Å²) in [6.45, 7) is 15.2. The molecule has 1 rings (SSSR count). The summed E-state index contributed by atoms with van der Waals surface area (Å²) in [5, 5.41) is 0. The minimum atomic E-state index is -0.445. The van der Waals surface area contributed by atoms with Crippen molar-refractivity contribution in [3.8, 4) is 28.7 Å². The van der Waals surface area contributed by atoms with Crippen LogP contribution in [-0.4, -0.2) is 45.1 Å². The van der Waals surface area contributed by atoms with E-state index in [1.807, 2.05) is 48.5 Å². The van der Waals surface area contributed by atoms with Crippen LogP contribution >= 0.6 is 0 Å². The third kappa shape index (κ3) is 6.75. The van der Waals surface area contributed by atoms with Crippen molar-refractivity contribution in [3.05, 3.63) is 11.6 Å². The molecule has 0 saturated carbocycles. The largest absolute Gasteiger partial charge is 0.489 e. The summed E-state index contributed by atoms with van der Waals surface area (Å²) >= 11 is 0. The van der Waals surface area contributed by atoms with Crippen molar-refractivity contribution in [1.82, 2.24) is 0 Å². The Kier molecular flexibility index (Phi) is 11.6. The minimum absolute atomic E-state index is 0.168. The van der Waals surface area contributed by atoms with Crippen molar-refractivity contribution in [1.29, 1.82) is 0 Å². The molecule has 7 heteroatoms. The highest BCUT2D eigenvalue weighted by Crippen LogP contribution is 2.54. The Morgan fingerprint density at radius 3 is 1.43 bits per heavy atom. The fourth-order valence-corrected chi connectivity index (χ4v) is 2.68. The second-order valence-corrected chi connectivity index (χ2v) is 6.21. The molecule has 0 amide bonds. The van der Waals surface area contributed by atoms with E-state index in [0.29, 0.717) is 67.3 Å². The van der Waals surface area contributed by atoms with E-state index in [-0.39, 0.29) is 6.10 Å². The van der Waals surface area contributed by atoms with Crippen LogP contribution in [0.5, 0.6) is 28.7 Å². The van der Waals surface area contributed by atoms with Gasteiger partial charge in [-0.15, -0.1) is 0 Å². The summed E-state index contributed by atoms with van der Waals surface area (Å²) in [4.78, 5) is 12.2. The number of hydrogen-bond donors (Lipinski definition) is 0. The highest BCUT2D eigenvalue weighted by atomic mass is 16.6. The van der Waals surface area contributed by atoms with Crippen molar-refractivity contribution in [3.63, 3.8) is 0 Å². The fraction of sp³-hybridized carbons (Fsp3) is 0.609. The van der Waals surface area contributed by atoms with E-state index in [1.54, 1.807) is 6.08 Å². The van der Waals surface area contributed by atoms with Crippen LogP contribution < -0.4 is 23.7 Å². The van der Waals surface area contributed by atoms with Gasteiger partial charge in [0.05, 0.1) is 44.7 Å². The van der Waals surface area contributed by atoms with Crippen LogP contribution in [0.25, 0.3) is 6.08 Å². The molecule has 0 bridgehead atoms. The number of esters is 1. The molecule has 0 aliphatic carbocycles. The van der Waals surface area contributed by atoms with Gasteiger partial charge in [0.25, 0.3) is 0 Å². The molecule has 0 fully saturated rings. The maximum Gasteiger partial charge on any atom is 0.331 e. The van der Waals surface area contributed by atoms with Crippen molar-refractivity contribution in [2.24, 2.45) is 0 Å². The summed E-state index contributed by atoms with van der Waals surface area (Å²) in [5.74, 6) is 1.68. The summed E-state index contributed by atoms with van der Waals surface area (Å²) in [7, 11) is 0. The van der Waals surface area contributed by atoms with E-state index < -0.39 is 5.97 Å². The van der Waals surface area contributed by atoms with Gasteiger partial charge >= 0.3 is 5.97 Å². The van der Waals surface area contributed by atoms with Gasteiger partial charge in [-0.25, -0.2) is 4.79 Å². The Bertz CT molecular complexity index is 660. The molecule has 0 aliphatic rings. The molecule has 0 aliphatic heterocycles. The number of rotatable bonds is 14. The minimum Gasteiger partial charge on any atom is -0.489 e. The molecule has 0 aromatic heterocycles. The van der Waals surface area contributed by atoms with Gasteiger partial charge < -0.3 is 28.4 Å². The highest BCUT2D eigenvalue weighted by molar-refractivity contribution is 5.90. The van der Waals surface area contributed by atoms with Gasteiger partial charge in [-0.1, -0.05) is 6.92 Å². The van der Waals surface area contributed by atoms with Crippen LogP contribution in [0.3, 0.4) is 0 Å². The molecule has 1 aromatic carbocycles. The molecule has 0 saturated heterocycles. The van der Waals surface area contributed by atoms with Crippen LogP contribution in [0.15, 0.2) is 6.08 Å². The van der Waals surface area contributed by atoms with E-state index >= 15 is 0 Å². The monoisotopic (exact) mass is 424 g/mol. The molecule has 7 nitrogen and oxygen atoms in total. The van der Waals surface area contributed by atoms with Crippen molar-refractivity contribution in [2.45, 2.75) is 61.0 Å². The van der Waals surface area contributed by atoms with Crippen molar-refractivity contribution in [2.75, 3.05) is 33.0 Å². The van der Waals surface area contributed by atoms with Crippen molar-refractivity contribution < 1.29 is 33.2 Å². The molecule has 0 spiro atoms. The lowest BCUT2D eigenvalue weighted by atomic mass is 10.1. The lowest BCUT2D eigenvalue weighted by molar-refractivity contribution is -0.142. The molecule has 1 aromatic rings. The zero-order chi connectivity index (χ0) is 22.5. The lowest BCUT2D eigenvalue weighted by Crippen LogP contribution is -2.12. The quantitative estimate of drug-likeness (QED) is 0.306. The van der Waals surface area contributed by atoms with Crippen LogP contribution in [0.1, 0.15) is 60.5 Å². The van der Waals surface area contributed by atoms with Gasteiger partial charge in [-0.05, 0) is 54.0 Å². The smallest absolute Gasteiger partial charge is 0.331 e. The van der Waals surface area contributed by atoms with Crippen LogP contribution in [0.2, 0.25) is 0 Å². The second-order valence-electron chi connectivity index (χ2n) is 6.21. The predicted molar refractivity (Wildman–Crippen MR) is 117 cm³/mol. The van der Waals surface area contributed by atoms with Crippen LogP contribution in [-0.2, 0) is 9.53 Å². The third-order valence-corrected chi connectivity index (χ3v) is 4.04. The molecule has 0 heterocycles. The molecule has 170 valence electrons. The summed E-state index contributed by atoms with van der Waals surface area (Å²) in [5.41, 5.74) is 0.537. The number of carbonyl (C=O) groups is 1. The van der Waals surface area contributed by atoms with Gasteiger partial charge in [0.2, 0.25) is 17.2 Å². The van der Waals surface area contributed by atoms with E-state index in [0.717, 1.165) is 6.42 Å². The van der Waals surface area contributed by atoms with Crippen LogP contribution in [0.4, 0.5) is 0 Å². The summed E-state index contributed by atoms with van der Waals surface area (Å²) in [6, 6.07) is 0.